The molecule has 0 spiro atoms. The third-order valence-electron chi connectivity index (χ3n) is 6.08. The topological polar surface area (TPSA) is 27.7 Å². The predicted molar refractivity (Wildman–Crippen MR) is 126 cm³/mol. The van der Waals surface area contributed by atoms with Crippen molar-refractivity contribution in [3.8, 4) is 5.75 Å². The highest BCUT2D eigenvalue weighted by Gasteiger charge is 2.24. The molecule has 2 aromatic carbocycles. The van der Waals surface area contributed by atoms with Crippen LogP contribution < -0.4 is 10.1 Å². The Morgan fingerprint density at radius 2 is 1.87 bits per heavy atom. The fourth-order valence-electron chi connectivity index (χ4n) is 4.12. The Kier molecular flexibility index (Phi) is 8.35. The number of benzene rings is 2. The minimum atomic E-state index is -0.476. The predicted octanol–water partition coefficient (Wildman–Crippen LogP) is 4.81. The van der Waals surface area contributed by atoms with E-state index in [2.05, 4.69) is 60.8 Å². The molecule has 31 heavy (non-hydrogen) atoms. The first-order valence-electron chi connectivity index (χ1n) is 11.2. The first kappa shape index (κ1) is 23.1. The summed E-state index contributed by atoms with van der Waals surface area (Å²) in [4.78, 5) is 4.85. The molecule has 1 heterocycles. The Morgan fingerprint density at radius 1 is 1.16 bits per heavy atom. The van der Waals surface area contributed by atoms with Crippen LogP contribution in [-0.4, -0.2) is 49.3 Å². The van der Waals surface area contributed by atoms with Crippen LogP contribution in [0.1, 0.15) is 35.1 Å². The summed E-state index contributed by atoms with van der Waals surface area (Å²) >= 11 is 0. The number of halogens is 1. The van der Waals surface area contributed by atoms with E-state index in [4.69, 9.17) is 4.74 Å². The Bertz CT molecular complexity index is 844. The van der Waals surface area contributed by atoms with Crippen LogP contribution in [0.2, 0.25) is 0 Å². The summed E-state index contributed by atoms with van der Waals surface area (Å²) in [6, 6.07) is 15.0. The third-order valence-corrected chi connectivity index (χ3v) is 6.08. The molecular weight excluding hydrogens is 389 g/mol. The maximum atomic E-state index is 12.3. The number of aryl methyl sites for hydroxylation is 2. The number of alkyl halides is 1. The monoisotopic (exact) mass is 425 g/mol. The summed E-state index contributed by atoms with van der Waals surface area (Å²) in [5.41, 5.74) is 5.11. The summed E-state index contributed by atoms with van der Waals surface area (Å²) < 4.78 is 17.6. The standard InChI is InChI=1S/C26H36FN3O/c1-20-5-8-24(21(2)17-20)19-30(25-11-14-29(4)15-12-25)22(3)28-18-23-6-9-26(10-7-23)31-16-13-27/h5-10,17,25,28H,3,11-16,18-19H2,1-2,4H3. The molecule has 1 saturated heterocycles. The van der Waals surface area contributed by atoms with Crippen LogP contribution in [0.4, 0.5) is 4.39 Å². The maximum absolute atomic E-state index is 12.3. The van der Waals surface area contributed by atoms with Crippen molar-refractivity contribution < 1.29 is 9.13 Å². The van der Waals surface area contributed by atoms with Crippen LogP contribution in [0.25, 0.3) is 0 Å². The molecule has 1 aliphatic heterocycles. The minimum Gasteiger partial charge on any atom is -0.491 e. The van der Waals surface area contributed by atoms with Gasteiger partial charge in [0, 0.05) is 19.1 Å². The molecule has 168 valence electrons. The minimum absolute atomic E-state index is 0.0956. The van der Waals surface area contributed by atoms with Crippen molar-refractivity contribution in [3.05, 3.63) is 77.1 Å². The van der Waals surface area contributed by atoms with Gasteiger partial charge in [-0.2, -0.15) is 0 Å². The van der Waals surface area contributed by atoms with Gasteiger partial charge in [0.15, 0.2) is 0 Å². The van der Waals surface area contributed by atoms with Crippen molar-refractivity contribution in [3.63, 3.8) is 0 Å². The molecule has 0 amide bonds. The Labute approximate surface area is 186 Å². The van der Waals surface area contributed by atoms with Crippen molar-refractivity contribution in [2.75, 3.05) is 33.4 Å². The highest BCUT2D eigenvalue weighted by molar-refractivity contribution is 5.31. The van der Waals surface area contributed by atoms with Gasteiger partial charge >= 0.3 is 0 Å². The zero-order valence-electron chi connectivity index (χ0n) is 19.2. The first-order valence-corrected chi connectivity index (χ1v) is 11.2. The van der Waals surface area contributed by atoms with E-state index < -0.39 is 6.67 Å². The second-order valence-corrected chi connectivity index (χ2v) is 8.57. The van der Waals surface area contributed by atoms with Gasteiger partial charge in [-0.25, -0.2) is 4.39 Å². The van der Waals surface area contributed by atoms with Crippen molar-refractivity contribution in [2.24, 2.45) is 0 Å². The molecule has 4 nitrogen and oxygen atoms in total. The van der Waals surface area contributed by atoms with Crippen LogP contribution in [0.3, 0.4) is 0 Å². The van der Waals surface area contributed by atoms with Gasteiger partial charge < -0.3 is 19.9 Å². The fraction of sp³-hybridized carbons (Fsp3) is 0.462. The van der Waals surface area contributed by atoms with Crippen LogP contribution in [0.5, 0.6) is 5.75 Å². The van der Waals surface area contributed by atoms with E-state index in [-0.39, 0.29) is 6.61 Å². The lowest BCUT2D eigenvalue weighted by atomic mass is 10.0. The van der Waals surface area contributed by atoms with Crippen LogP contribution >= 0.6 is 0 Å². The fourth-order valence-corrected chi connectivity index (χ4v) is 4.12. The number of hydrogen-bond donors (Lipinski definition) is 1. The molecule has 1 N–H and O–H groups in total. The van der Waals surface area contributed by atoms with E-state index in [0.717, 1.165) is 43.9 Å². The van der Waals surface area contributed by atoms with Crippen LogP contribution in [-0.2, 0) is 13.1 Å². The Morgan fingerprint density at radius 3 is 2.52 bits per heavy atom. The molecule has 0 aromatic heterocycles. The molecule has 0 atom stereocenters. The summed E-state index contributed by atoms with van der Waals surface area (Å²) in [6.07, 6.45) is 2.28. The summed E-state index contributed by atoms with van der Waals surface area (Å²) in [5, 5.41) is 3.54. The highest BCUT2D eigenvalue weighted by atomic mass is 19.1. The average molecular weight is 426 g/mol. The van der Waals surface area contributed by atoms with Gasteiger partial charge in [0.25, 0.3) is 0 Å². The molecule has 3 rings (SSSR count). The Balaban J connectivity index is 1.66. The Hall–Kier alpha value is -2.53. The second kappa shape index (κ2) is 11.2. The van der Waals surface area contributed by atoms with Crippen molar-refractivity contribution in [1.29, 1.82) is 0 Å². The quantitative estimate of drug-likeness (QED) is 0.591. The molecule has 0 radical (unpaired) electrons. The lowest BCUT2D eigenvalue weighted by molar-refractivity contribution is 0.138. The summed E-state index contributed by atoms with van der Waals surface area (Å²) in [7, 11) is 2.19. The zero-order chi connectivity index (χ0) is 22.2. The van der Waals surface area contributed by atoms with Crippen LogP contribution in [0, 0.1) is 13.8 Å². The number of nitrogens with zero attached hydrogens (tertiary/aromatic N) is 2. The van der Waals surface area contributed by atoms with Crippen LogP contribution in [0.15, 0.2) is 54.9 Å². The van der Waals surface area contributed by atoms with E-state index in [1.165, 1.54) is 16.7 Å². The first-order chi connectivity index (χ1) is 15.0. The number of ether oxygens (including phenoxy) is 1. The molecule has 1 fully saturated rings. The third kappa shape index (κ3) is 6.73. The molecule has 5 heteroatoms. The van der Waals surface area contributed by atoms with E-state index >= 15 is 0 Å². The van der Waals surface area contributed by atoms with E-state index in [0.29, 0.717) is 18.3 Å². The summed E-state index contributed by atoms with van der Waals surface area (Å²) in [5.74, 6) is 1.66. The number of nitrogens with one attached hydrogen (secondary N) is 1. The number of piperidine rings is 1. The van der Waals surface area contributed by atoms with Crippen molar-refractivity contribution >= 4 is 0 Å². The van der Waals surface area contributed by atoms with Crippen molar-refractivity contribution in [1.82, 2.24) is 15.1 Å². The number of likely N-dealkylation sites (tertiary alicyclic amines) is 1. The van der Waals surface area contributed by atoms with Gasteiger partial charge in [-0.15, -0.1) is 0 Å². The smallest absolute Gasteiger partial charge is 0.123 e. The van der Waals surface area contributed by atoms with Gasteiger partial charge in [-0.05, 0) is 75.6 Å². The molecule has 0 aliphatic carbocycles. The van der Waals surface area contributed by atoms with E-state index in [9.17, 15) is 4.39 Å². The zero-order valence-corrected chi connectivity index (χ0v) is 19.2. The molecule has 0 unspecified atom stereocenters. The summed E-state index contributed by atoms with van der Waals surface area (Å²) in [6.45, 7) is 12.1. The van der Waals surface area contributed by atoms with Crippen molar-refractivity contribution in [2.45, 2.75) is 45.8 Å². The van der Waals surface area contributed by atoms with E-state index in [1.807, 2.05) is 24.3 Å². The lowest BCUT2D eigenvalue weighted by Crippen LogP contribution is -2.45. The normalized spacial score (nSPS) is 15.0. The molecule has 1 aliphatic rings. The lowest BCUT2D eigenvalue weighted by Gasteiger charge is -2.40. The molecule has 0 saturated carbocycles. The van der Waals surface area contributed by atoms with Gasteiger partial charge in [0.2, 0.25) is 0 Å². The van der Waals surface area contributed by atoms with Gasteiger partial charge in [0.1, 0.15) is 19.0 Å². The SMILES string of the molecule is C=C(NCc1ccc(OCCF)cc1)N(Cc1ccc(C)cc1C)C1CCN(C)CC1. The number of rotatable bonds is 10. The van der Waals surface area contributed by atoms with Gasteiger partial charge in [0.05, 0.1) is 5.82 Å². The maximum Gasteiger partial charge on any atom is 0.123 e. The molecular formula is C26H36FN3O. The molecule has 2 aromatic rings. The largest absolute Gasteiger partial charge is 0.491 e. The average Bonchev–Trinajstić information content (AvgIpc) is 2.77. The van der Waals surface area contributed by atoms with Gasteiger partial charge in [-0.1, -0.05) is 42.5 Å². The highest BCUT2D eigenvalue weighted by Crippen LogP contribution is 2.23. The number of hydrogen-bond acceptors (Lipinski definition) is 4. The second-order valence-electron chi connectivity index (χ2n) is 8.57. The van der Waals surface area contributed by atoms with Gasteiger partial charge in [-0.3, -0.25) is 0 Å². The van der Waals surface area contributed by atoms with E-state index in [1.54, 1.807) is 0 Å². The molecule has 0 bridgehead atoms.